The van der Waals surface area contributed by atoms with E-state index in [-0.39, 0.29) is 12.4 Å². The molecule has 3 rings (SSSR count). The Labute approximate surface area is 135 Å². The minimum atomic E-state index is 0.0557. The van der Waals surface area contributed by atoms with Crippen LogP contribution in [0.15, 0.2) is 48.0 Å². The van der Waals surface area contributed by atoms with Crippen LogP contribution in [0.25, 0.3) is 16.7 Å². The Morgan fingerprint density at radius 1 is 0.955 bits per heavy atom. The standard InChI is InChI=1S/C19H17ClO2/c1-12-3-4-15(14-5-7-16(20)8-6-14)9-17(12)19-13(2)10-22-11-18(19)21/h3-9H,10-11H2,1-2H3. The molecule has 112 valence electrons. The zero-order chi connectivity index (χ0) is 15.7. The number of carbonyl (C=O) groups excluding carboxylic acids is 1. The molecule has 0 radical (unpaired) electrons. The molecule has 0 atom stereocenters. The number of benzene rings is 2. The van der Waals surface area contributed by atoms with Gasteiger partial charge < -0.3 is 4.74 Å². The van der Waals surface area contributed by atoms with Gasteiger partial charge in [0.25, 0.3) is 0 Å². The predicted octanol–water partition coefficient (Wildman–Crippen LogP) is 4.69. The first-order valence-corrected chi connectivity index (χ1v) is 7.61. The summed E-state index contributed by atoms with van der Waals surface area (Å²) in [5, 5.41) is 0.717. The molecule has 0 aromatic heterocycles. The molecule has 1 heterocycles. The summed E-state index contributed by atoms with van der Waals surface area (Å²) >= 11 is 5.95. The number of ether oxygens (including phenoxy) is 1. The molecule has 2 aromatic rings. The molecule has 0 N–H and O–H groups in total. The highest BCUT2D eigenvalue weighted by Gasteiger charge is 2.21. The molecule has 0 aliphatic carbocycles. The van der Waals surface area contributed by atoms with E-state index in [9.17, 15) is 4.79 Å². The molecule has 0 saturated heterocycles. The van der Waals surface area contributed by atoms with E-state index in [1.165, 1.54) is 0 Å². The molecule has 1 aliphatic rings. The van der Waals surface area contributed by atoms with Crippen LogP contribution in [0.2, 0.25) is 5.02 Å². The number of carbonyl (C=O) groups is 1. The van der Waals surface area contributed by atoms with Crippen LogP contribution in [-0.4, -0.2) is 19.0 Å². The Morgan fingerprint density at radius 3 is 2.32 bits per heavy atom. The first-order chi connectivity index (χ1) is 10.6. The lowest BCUT2D eigenvalue weighted by Gasteiger charge is -2.19. The summed E-state index contributed by atoms with van der Waals surface area (Å²) in [5.74, 6) is 0.0557. The second-order valence-corrected chi connectivity index (χ2v) is 6.04. The fourth-order valence-corrected chi connectivity index (χ4v) is 2.90. The van der Waals surface area contributed by atoms with Crippen molar-refractivity contribution in [2.75, 3.05) is 13.2 Å². The number of hydrogen-bond donors (Lipinski definition) is 0. The lowest BCUT2D eigenvalue weighted by molar-refractivity contribution is -0.118. The van der Waals surface area contributed by atoms with Crippen LogP contribution in [0.4, 0.5) is 0 Å². The van der Waals surface area contributed by atoms with Crippen LogP contribution < -0.4 is 0 Å². The second kappa shape index (κ2) is 6.07. The number of aryl methyl sites for hydroxylation is 1. The Morgan fingerprint density at radius 2 is 1.64 bits per heavy atom. The van der Waals surface area contributed by atoms with Crippen molar-refractivity contribution in [3.05, 3.63) is 64.2 Å². The zero-order valence-electron chi connectivity index (χ0n) is 12.7. The highest BCUT2D eigenvalue weighted by molar-refractivity contribution is 6.30. The molecular weight excluding hydrogens is 296 g/mol. The molecule has 0 amide bonds. The van der Waals surface area contributed by atoms with E-state index in [1.807, 2.05) is 38.1 Å². The van der Waals surface area contributed by atoms with E-state index in [2.05, 4.69) is 18.2 Å². The van der Waals surface area contributed by atoms with Gasteiger partial charge in [-0.3, -0.25) is 4.79 Å². The average Bonchev–Trinajstić information content (AvgIpc) is 2.50. The second-order valence-electron chi connectivity index (χ2n) is 5.61. The number of Topliss-reactive ketones (excluding diaryl/α,β-unsaturated/α-hetero) is 1. The molecule has 0 fully saturated rings. The summed E-state index contributed by atoms with van der Waals surface area (Å²) in [4.78, 5) is 12.2. The smallest absolute Gasteiger partial charge is 0.189 e. The minimum absolute atomic E-state index is 0.0557. The lowest BCUT2D eigenvalue weighted by Crippen LogP contribution is -2.20. The Kier molecular flexibility index (Phi) is 4.14. The van der Waals surface area contributed by atoms with Crippen LogP contribution in [-0.2, 0) is 9.53 Å². The van der Waals surface area contributed by atoms with E-state index in [0.717, 1.165) is 33.4 Å². The third-order valence-electron chi connectivity index (χ3n) is 3.94. The van der Waals surface area contributed by atoms with Gasteiger partial charge in [0.2, 0.25) is 0 Å². The van der Waals surface area contributed by atoms with E-state index in [4.69, 9.17) is 16.3 Å². The van der Waals surface area contributed by atoms with Gasteiger partial charge >= 0.3 is 0 Å². The maximum atomic E-state index is 12.2. The highest BCUT2D eigenvalue weighted by Crippen LogP contribution is 2.31. The molecular formula is C19H17ClO2. The minimum Gasteiger partial charge on any atom is -0.369 e. The van der Waals surface area contributed by atoms with Crippen LogP contribution in [0.5, 0.6) is 0 Å². The number of rotatable bonds is 2. The van der Waals surface area contributed by atoms with Crippen molar-refractivity contribution in [3.8, 4) is 11.1 Å². The van der Waals surface area contributed by atoms with Crippen molar-refractivity contribution in [3.63, 3.8) is 0 Å². The largest absolute Gasteiger partial charge is 0.369 e. The first kappa shape index (κ1) is 15.0. The molecule has 0 spiro atoms. The average molecular weight is 313 g/mol. The lowest BCUT2D eigenvalue weighted by atomic mass is 9.90. The summed E-state index contributed by atoms with van der Waals surface area (Å²) < 4.78 is 5.29. The van der Waals surface area contributed by atoms with Gasteiger partial charge in [-0.05, 0) is 59.9 Å². The van der Waals surface area contributed by atoms with Crippen LogP contribution in [0, 0.1) is 6.92 Å². The highest BCUT2D eigenvalue weighted by atomic mass is 35.5. The van der Waals surface area contributed by atoms with Crippen molar-refractivity contribution in [2.24, 2.45) is 0 Å². The molecule has 0 bridgehead atoms. The summed E-state index contributed by atoms with van der Waals surface area (Å²) in [5.41, 5.74) is 6.06. The van der Waals surface area contributed by atoms with E-state index < -0.39 is 0 Å². The van der Waals surface area contributed by atoms with Crippen molar-refractivity contribution in [1.82, 2.24) is 0 Å². The maximum absolute atomic E-state index is 12.2. The normalized spacial score (nSPS) is 15.3. The number of halogens is 1. The molecule has 0 unspecified atom stereocenters. The molecule has 2 nitrogen and oxygen atoms in total. The van der Waals surface area contributed by atoms with Crippen molar-refractivity contribution < 1.29 is 9.53 Å². The van der Waals surface area contributed by atoms with Crippen molar-refractivity contribution >= 4 is 23.0 Å². The Bertz CT molecular complexity index is 758. The molecule has 22 heavy (non-hydrogen) atoms. The number of ketones is 1. The quantitative estimate of drug-likeness (QED) is 0.804. The molecule has 2 aromatic carbocycles. The predicted molar refractivity (Wildman–Crippen MR) is 90.0 cm³/mol. The third-order valence-corrected chi connectivity index (χ3v) is 4.19. The van der Waals surface area contributed by atoms with Gasteiger partial charge in [0.05, 0.1) is 6.61 Å². The third kappa shape index (κ3) is 2.85. The van der Waals surface area contributed by atoms with Gasteiger partial charge in [0.1, 0.15) is 6.61 Å². The van der Waals surface area contributed by atoms with Crippen LogP contribution >= 0.6 is 11.6 Å². The summed E-state index contributed by atoms with van der Waals surface area (Å²) in [7, 11) is 0. The fraction of sp³-hybridized carbons (Fsp3) is 0.211. The van der Waals surface area contributed by atoms with Gasteiger partial charge in [-0.15, -0.1) is 0 Å². The van der Waals surface area contributed by atoms with Gasteiger partial charge in [0.15, 0.2) is 5.78 Å². The molecule has 3 heteroatoms. The number of hydrogen-bond acceptors (Lipinski definition) is 2. The molecule has 1 aliphatic heterocycles. The fourth-order valence-electron chi connectivity index (χ4n) is 2.77. The van der Waals surface area contributed by atoms with E-state index in [1.54, 1.807) is 0 Å². The van der Waals surface area contributed by atoms with Gasteiger partial charge in [-0.25, -0.2) is 0 Å². The van der Waals surface area contributed by atoms with E-state index in [0.29, 0.717) is 11.6 Å². The molecule has 0 saturated carbocycles. The Balaban J connectivity index is 2.11. The summed E-state index contributed by atoms with van der Waals surface area (Å²) in [6.07, 6.45) is 0. The van der Waals surface area contributed by atoms with Crippen LogP contribution in [0.3, 0.4) is 0 Å². The Hall–Kier alpha value is -1.90. The van der Waals surface area contributed by atoms with Crippen LogP contribution in [0.1, 0.15) is 18.1 Å². The summed E-state index contributed by atoms with van der Waals surface area (Å²) in [6, 6.07) is 13.9. The van der Waals surface area contributed by atoms with Crippen molar-refractivity contribution in [1.29, 1.82) is 0 Å². The SMILES string of the molecule is CC1=C(c2cc(-c3ccc(Cl)cc3)ccc2C)C(=O)COC1. The topological polar surface area (TPSA) is 26.3 Å². The van der Waals surface area contributed by atoms with Gasteiger partial charge in [0, 0.05) is 10.6 Å². The van der Waals surface area contributed by atoms with Crippen molar-refractivity contribution in [2.45, 2.75) is 13.8 Å². The monoisotopic (exact) mass is 312 g/mol. The van der Waals surface area contributed by atoms with Gasteiger partial charge in [-0.2, -0.15) is 0 Å². The van der Waals surface area contributed by atoms with E-state index >= 15 is 0 Å². The zero-order valence-corrected chi connectivity index (χ0v) is 13.4. The maximum Gasteiger partial charge on any atom is 0.189 e. The summed E-state index contributed by atoms with van der Waals surface area (Å²) in [6.45, 7) is 4.67. The first-order valence-electron chi connectivity index (χ1n) is 7.24. The van der Waals surface area contributed by atoms with Gasteiger partial charge in [-0.1, -0.05) is 35.9 Å².